The molecular weight excluding hydrogens is 847 g/mol. The van der Waals surface area contributed by atoms with E-state index in [0.29, 0.717) is 11.3 Å². The maximum atomic E-state index is 9.60. The molecule has 0 radical (unpaired) electrons. The molecule has 300 valence electrons. The molecule has 6 heterocycles. The van der Waals surface area contributed by atoms with Crippen molar-refractivity contribution < 1.29 is 29.3 Å². The van der Waals surface area contributed by atoms with Gasteiger partial charge in [-0.3, -0.25) is 9.98 Å². The summed E-state index contributed by atoms with van der Waals surface area (Å²) in [6, 6.07) is 32.9. The van der Waals surface area contributed by atoms with Crippen molar-refractivity contribution in [3.8, 4) is 6.07 Å². The predicted octanol–water partition coefficient (Wildman–Crippen LogP) is 13.1. The van der Waals surface area contributed by atoms with Crippen LogP contribution in [-0.2, 0) is 20.4 Å². The molecule has 0 atom stereocenters. The fraction of sp³-hybridized carbons (Fsp3) is 0.154. The van der Waals surface area contributed by atoms with Crippen molar-refractivity contribution in [1.82, 2.24) is 9.97 Å². The quantitative estimate of drug-likeness (QED) is 0.129. The smallest absolute Gasteiger partial charge is 0.671 e. The van der Waals surface area contributed by atoms with E-state index in [2.05, 4.69) is 73.3 Å². The Kier molecular flexibility index (Phi) is 10.6. The minimum Gasteiger partial charge on any atom is -0.671 e. The summed E-state index contributed by atoms with van der Waals surface area (Å²) in [5.74, 6) is 0. The normalized spacial score (nSPS) is 15.3. The zero-order valence-electron chi connectivity index (χ0n) is 35.1. The Balaban J connectivity index is 0.000000166. The first-order chi connectivity index (χ1) is 28.9. The summed E-state index contributed by atoms with van der Waals surface area (Å²) in [6.45, 7) is 23.4. The summed E-state index contributed by atoms with van der Waals surface area (Å²) in [7, 11) is 0. The molecule has 2 aliphatic rings. The third-order valence-electron chi connectivity index (χ3n) is 11.4. The molecule has 0 spiro atoms. The van der Waals surface area contributed by atoms with Gasteiger partial charge >= 0.3 is 20.4 Å². The number of rotatable bonds is 4. The number of aryl methyl sites for hydroxylation is 3. The maximum Gasteiger partial charge on any atom is 2.00 e. The first-order valence-electron chi connectivity index (χ1n) is 19.8. The number of fused-ring (bicyclic) bond motifs is 6. The third kappa shape index (κ3) is 6.93. The Bertz CT molecular complexity index is 3430. The zero-order valence-corrected chi connectivity index (χ0v) is 36.6. The summed E-state index contributed by atoms with van der Waals surface area (Å²) in [5, 5.41) is 13.9. The minimum absolute atomic E-state index is 0. The fourth-order valence-electron chi connectivity index (χ4n) is 8.60. The van der Waals surface area contributed by atoms with Crippen LogP contribution in [0.3, 0.4) is 0 Å². The van der Waals surface area contributed by atoms with Crippen molar-refractivity contribution >= 4 is 72.1 Å². The van der Waals surface area contributed by atoms with Gasteiger partial charge in [0, 0.05) is 27.3 Å². The Morgan fingerprint density at radius 3 is 1.69 bits per heavy atom. The molecule has 0 unspecified atom stereocenters. The zero-order chi connectivity index (χ0) is 42.0. The molecule has 0 saturated heterocycles. The van der Waals surface area contributed by atoms with E-state index in [9.17, 15) is 5.26 Å². The molecule has 4 aromatic heterocycles. The molecule has 61 heavy (non-hydrogen) atoms. The molecule has 2 aliphatic heterocycles. The number of hydrogen-bond donors (Lipinski definition) is 0. The van der Waals surface area contributed by atoms with Crippen LogP contribution in [0.4, 0.5) is 5.69 Å². The fourth-order valence-corrected chi connectivity index (χ4v) is 8.60. The number of benzene rings is 4. The van der Waals surface area contributed by atoms with Gasteiger partial charge in [-0.25, -0.2) is 4.85 Å². The predicted molar refractivity (Wildman–Crippen MR) is 243 cm³/mol. The van der Waals surface area contributed by atoms with E-state index in [1.165, 1.54) is 0 Å². The number of nitrogens with zero attached hydrogens (tertiary/aromatic N) is 6. The first-order valence-corrected chi connectivity index (χ1v) is 19.8. The average Bonchev–Trinajstić information content (AvgIpc) is 4.07. The SMILES string of the molecule is CC1=N/C(=C(/c2ccc3oc4ccccc4c3c2)c2[n-]c(C)cc2C)C(C)=C1C#N.[C-]#[N+]c1c(C)[n-]c(/C(=C2\N=C(C)C=C2C)c2ccc3oc4ccccc4c3c2)c1C.[Pd+2]. The summed E-state index contributed by atoms with van der Waals surface area (Å²) in [5.41, 5.74) is 19.6. The van der Waals surface area contributed by atoms with E-state index in [4.69, 9.17) is 35.4 Å². The topological polar surface area (TPSA) is 107 Å². The van der Waals surface area contributed by atoms with E-state index in [1.54, 1.807) is 0 Å². The maximum absolute atomic E-state index is 9.60. The van der Waals surface area contributed by atoms with E-state index in [-0.39, 0.29) is 20.4 Å². The van der Waals surface area contributed by atoms with Crippen molar-refractivity contribution in [1.29, 1.82) is 5.26 Å². The van der Waals surface area contributed by atoms with Crippen LogP contribution >= 0.6 is 0 Å². The second-order valence-electron chi connectivity index (χ2n) is 15.5. The molecule has 0 N–H and O–H groups in total. The largest absolute Gasteiger partial charge is 2.00 e. The molecule has 0 fully saturated rings. The molecule has 8 nitrogen and oxygen atoms in total. The van der Waals surface area contributed by atoms with Crippen LogP contribution in [0.25, 0.3) is 59.9 Å². The van der Waals surface area contributed by atoms with Gasteiger partial charge in [-0.1, -0.05) is 86.5 Å². The monoisotopic (exact) mass is 886 g/mol. The van der Waals surface area contributed by atoms with Crippen LogP contribution in [0, 0.1) is 45.6 Å². The molecular formula is C52H40N6O2Pd. The number of aromatic nitrogens is 2. The van der Waals surface area contributed by atoms with Gasteiger partial charge in [0.15, 0.2) is 5.69 Å². The summed E-state index contributed by atoms with van der Waals surface area (Å²) in [4.78, 5) is 22.9. The van der Waals surface area contributed by atoms with Crippen molar-refractivity contribution in [3.05, 3.63) is 182 Å². The van der Waals surface area contributed by atoms with Gasteiger partial charge in [0.25, 0.3) is 0 Å². The van der Waals surface area contributed by atoms with Gasteiger partial charge < -0.3 is 18.8 Å². The van der Waals surface area contributed by atoms with Crippen LogP contribution in [-0.4, -0.2) is 11.4 Å². The van der Waals surface area contributed by atoms with Crippen LogP contribution in [0.5, 0.6) is 0 Å². The van der Waals surface area contributed by atoms with E-state index in [1.807, 2.05) is 90.1 Å². The third-order valence-corrected chi connectivity index (χ3v) is 11.4. The van der Waals surface area contributed by atoms with E-state index >= 15 is 0 Å². The summed E-state index contributed by atoms with van der Waals surface area (Å²) < 4.78 is 12.0. The average molecular weight is 887 g/mol. The van der Waals surface area contributed by atoms with Crippen molar-refractivity contribution in [2.75, 3.05) is 0 Å². The van der Waals surface area contributed by atoms with Gasteiger partial charge in [0.05, 0.1) is 29.3 Å². The number of allylic oxidation sites excluding steroid dienone is 4. The van der Waals surface area contributed by atoms with Gasteiger partial charge in [-0.2, -0.15) is 16.6 Å². The Morgan fingerprint density at radius 2 is 1.21 bits per heavy atom. The summed E-state index contributed by atoms with van der Waals surface area (Å²) in [6.07, 6.45) is 2.09. The molecule has 9 heteroatoms. The van der Waals surface area contributed by atoms with E-state index < -0.39 is 0 Å². The molecule has 0 amide bonds. The molecule has 10 rings (SSSR count). The number of nitriles is 1. The Hall–Kier alpha value is -7.02. The Labute approximate surface area is 367 Å². The molecule has 0 saturated carbocycles. The van der Waals surface area contributed by atoms with Crippen LogP contribution in [0.1, 0.15) is 72.7 Å². The van der Waals surface area contributed by atoms with Crippen molar-refractivity contribution in [2.24, 2.45) is 9.98 Å². The molecule has 0 bridgehead atoms. The van der Waals surface area contributed by atoms with E-state index in [0.717, 1.165) is 134 Å². The van der Waals surface area contributed by atoms with Gasteiger partial charge in [-0.05, 0) is 111 Å². The second kappa shape index (κ2) is 15.9. The summed E-state index contributed by atoms with van der Waals surface area (Å²) >= 11 is 0. The molecule has 4 aromatic carbocycles. The van der Waals surface area contributed by atoms with Gasteiger partial charge in [0.2, 0.25) is 0 Å². The van der Waals surface area contributed by atoms with Crippen LogP contribution in [0.15, 0.2) is 144 Å². The molecule has 8 aromatic rings. The second-order valence-corrected chi connectivity index (χ2v) is 15.5. The van der Waals surface area contributed by atoms with Crippen molar-refractivity contribution in [2.45, 2.75) is 55.4 Å². The van der Waals surface area contributed by atoms with Gasteiger partial charge in [-0.15, -0.1) is 11.4 Å². The number of aliphatic imine (C=N–C) groups is 2. The standard InChI is InChI=1S/2C26H20N3O.Pd/c1-14-12-15(2)28-24(14)23(26-16(3)25(27-5)17(4)29-26)18-10-11-22-20(13-18)19-8-6-7-9-21(19)30-22;1-14-11-15(2)28-25(14)24(26-16(3)21(13-27)17(4)29-26)18-9-10-23-20(12-18)19-7-5-6-8-22(19)30-23;/h6-13H,1-4H3;5-12H,1-4H3;/q2*-1;+2/b24-23-;26-24-;. The molecule has 0 aliphatic carbocycles. The van der Waals surface area contributed by atoms with Crippen LogP contribution in [0.2, 0.25) is 0 Å². The van der Waals surface area contributed by atoms with Crippen LogP contribution < -0.4 is 9.97 Å². The number of para-hydroxylation sites is 2. The Morgan fingerprint density at radius 1 is 0.656 bits per heavy atom. The number of hydrogen-bond acceptors (Lipinski definition) is 5. The minimum atomic E-state index is 0. The van der Waals surface area contributed by atoms with Crippen molar-refractivity contribution in [3.63, 3.8) is 0 Å². The first kappa shape index (κ1) is 40.7. The number of furan rings is 2. The van der Waals surface area contributed by atoms with Gasteiger partial charge in [0.1, 0.15) is 28.4 Å².